The fraction of sp³-hybridized carbons (Fsp3) is 0.261. The molecule has 2 heterocycles. The molecule has 3 aromatic rings. The second-order valence-corrected chi connectivity index (χ2v) is 7.06. The number of guanidine groups is 1. The van der Waals surface area contributed by atoms with Crippen molar-refractivity contribution in [3.05, 3.63) is 78.4 Å². The van der Waals surface area contributed by atoms with E-state index in [1.807, 2.05) is 30.3 Å². The van der Waals surface area contributed by atoms with Crippen LogP contribution in [0.1, 0.15) is 5.56 Å². The summed E-state index contributed by atoms with van der Waals surface area (Å²) in [5.41, 5.74) is 0.920. The molecule has 4 rings (SSSR count). The van der Waals surface area contributed by atoms with Gasteiger partial charge in [-0.15, -0.1) is 24.0 Å². The quantitative estimate of drug-likeness (QED) is 0.296. The number of ether oxygens (including phenoxy) is 1. The molecule has 0 radical (unpaired) electrons. The predicted octanol–water partition coefficient (Wildman–Crippen LogP) is 3.92. The molecule has 32 heavy (non-hydrogen) atoms. The van der Waals surface area contributed by atoms with Crippen molar-refractivity contribution in [2.75, 3.05) is 38.1 Å². The molecule has 7 nitrogen and oxygen atoms in total. The van der Waals surface area contributed by atoms with Crippen LogP contribution < -0.4 is 15.0 Å². The molecule has 0 bridgehead atoms. The first-order chi connectivity index (χ1) is 15.2. The van der Waals surface area contributed by atoms with E-state index >= 15 is 0 Å². The molecule has 0 spiro atoms. The zero-order valence-electron chi connectivity index (χ0n) is 17.8. The van der Waals surface area contributed by atoms with E-state index < -0.39 is 0 Å². The zero-order chi connectivity index (χ0) is 21.5. The third kappa shape index (κ3) is 5.84. The maximum absolute atomic E-state index is 14.0. The van der Waals surface area contributed by atoms with E-state index in [0.29, 0.717) is 12.3 Å². The van der Waals surface area contributed by atoms with Gasteiger partial charge in [0.15, 0.2) is 17.5 Å². The Bertz CT molecular complexity index is 1030. The van der Waals surface area contributed by atoms with E-state index in [2.05, 4.69) is 30.1 Å². The Labute approximate surface area is 204 Å². The number of aliphatic imine (C=N–C) groups is 1. The molecular weight excluding hydrogens is 522 g/mol. The van der Waals surface area contributed by atoms with Crippen molar-refractivity contribution in [3.8, 4) is 11.5 Å². The van der Waals surface area contributed by atoms with Crippen LogP contribution in [0.3, 0.4) is 0 Å². The van der Waals surface area contributed by atoms with Crippen molar-refractivity contribution < 1.29 is 9.13 Å². The highest BCUT2D eigenvalue weighted by Gasteiger charge is 2.21. The second kappa shape index (κ2) is 11.6. The van der Waals surface area contributed by atoms with Gasteiger partial charge >= 0.3 is 0 Å². The van der Waals surface area contributed by atoms with Crippen LogP contribution in [0, 0.1) is 5.82 Å². The zero-order valence-corrected chi connectivity index (χ0v) is 20.1. The summed E-state index contributed by atoms with van der Waals surface area (Å²) in [6, 6.07) is 15.8. The largest absolute Gasteiger partial charge is 0.454 e. The van der Waals surface area contributed by atoms with E-state index in [4.69, 9.17) is 4.74 Å². The Balaban J connectivity index is 0.00000289. The minimum absolute atomic E-state index is 0. The number of benzene rings is 2. The highest BCUT2D eigenvalue weighted by Crippen LogP contribution is 2.27. The van der Waals surface area contributed by atoms with Gasteiger partial charge < -0.3 is 19.9 Å². The molecule has 0 unspecified atom stereocenters. The molecule has 1 N–H and O–H groups in total. The number of rotatable bonds is 5. The number of nitrogens with zero attached hydrogens (tertiary/aromatic N) is 5. The molecule has 1 aromatic heterocycles. The minimum Gasteiger partial charge on any atom is -0.454 e. The minimum atomic E-state index is -0.388. The number of piperazine rings is 1. The van der Waals surface area contributed by atoms with E-state index in [1.165, 1.54) is 6.07 Å². The van der Waals surface area contributed by atoms with Crippen LogP contribution >= 0.6 is 24.0 Å². The van der Waals surface area contributed by atoms with Gasteiger partial charge in [0.1, 0.15) is 5.75 Å². The third-order valence-corrected chi connectivity index (χ3v) is 5.09. The lowest BCUT2D eigenvalue weighted by Gasteiger charge is -2.36. The van der Waals surface area contributed by atoms with Crippen molar-refractivity contribution in [3.63, 3.8) is 0 Å². The van der Waals surface area contributed by atoms with Crippen molar-refractivity contribution in [2.24, 2.45) is 4.99 Å². The van der Waals surface area contributed by atoms with Crippen molar-refractivity contribution in [2.45, 2.75) is 6.54 Å². The van der Waals surface area contributed by atoms with Gasteiger partial charge in [0.2, 0.25) is 5.95 Å². The average Bonchev–Trinajstić information content (AvgIpc) is 2.83. The predicted molar refractivity (Wildman–Crippen MR) is 134 cm³/mol. The molecule has 2 aromatic carbocycles. The van der Waals surface area contributed by atoms with Crippen LogP contribution in [0.5, 0.6) is 11.5 Å². The van der Waals surface area contributed by atoms with Gasteiger partial charge in [0.05, 0.1) is 0 Å². The van der Waals surface area contributed by atoms with Crippen LogP contribution in [-0.4, -0.2) is 54.1 Å². The summed E-state index contributed by atoms with van der Waals surface area (Å²) in [6.07, 6.45) is 3.52. The Kier molecular flexibility index (Phi) is 8.60. The molecule has 1 fully saturated rings. The Morgan fingerprint density at radius 2 is 1.62 bits per heavy atom. The topological polar surface area (TPSA) is 65.9 Å². The number of hydrogen-bond donors (Lipinski definition) is 1. The molecule has 0 atom stereocenters. The van der Waals surface area contributed by atoms with Crippen molar-refractivity contribution in [1.82, 2.24) is 20.2 Å². The number of aromatic nitrogens is 2. The van der Waals surface area contributed by atoms with Crippen molar-refractivity contribution in [1.29, 1.82) is 0 Å². The van der Waals surface area contributed by atoms with Crippen LogP contribution in [0.2, 0.25) is 0 Å². The summed E-state index contributed by atoms with van der Waals surface area (Å²) >= 11 is 0. The second-order valence-electron chi connectivity index (χ2n) is 7.06. The average molecular weight is 548 g/mol. The smallest absolute Gasteiger partial charge is 0.225 e. The lowest BCUT2D eigenvalue weighted by molar-refractivity contribution is 0.369. The summed E-state index contributed by atoms with van der Waals surface area (Å²) in [4.78, 5) is 17.5. The molecular formula is C23H26FIN6O. The first kappa shape index (κ1) is 23.7. The van der Waals surface area contributed by atoms with Crippen LogP contribution in [0.15, 0.2) is 72.0 Å². The van der Waals surface area contributed by atoms with Gasteiger partial charge in [-0.25, -0.2) is 14.4 Å². The van der Waals surface area contributed by atoms with E-state index in [9.17, 15) is 4.39 Å². The van der Waals surface area contributed by atoms with Crippen molar-refractivity contribution >= 4 is 35.9 Å². The lowest BCUT2D eigenvalue weighted by Crippen LogP contribution is -2.52. The maximum atomic E-state index is 14.0. The van der Waals surface area contributed by atoms with E-state index in [1.54, 1.807) is 37.6 Å². The molecule has 0 amide bonds. The number of para-hydroxylation sites is 2. The van der Waals surface area contributed by atoms with Crippen LogP contribution in [0.4, 0.5) is 10.3 Å². The molecule has 0 aliphatic carbocycles. The third-order valence-electron chi connectivity index (χ3n) is 5.09. The van der Waals surface area contributed by atoms with E-state index in [-0.39, 0.29) is 35.5 Å². The number of nitrogens with one attached hydrogen (secondary N) is 1. The fourth-order valence-corrected chi connectivity index (χ4v) is 3.47. The summed E-state index contributed by atoms with van der Waals surface area (Å²) in [5, 5.41) is 3.40. The SMILES string of the molecule is CN=C(NCc1ccccc1Oc1ccccc1F)N1CCN(c2ncccn2)CC1.I. The molecule has 0 saturated carbocycles. The summed E-state index contributed by atoms with van der Waals surface area (Å²) in [7, 11) is 1.77. The monoisotopic (exact) mass is 548 g/mol. The highest BCUT2D eigenvalue weighted by atomic mass is 127. The van der Waals surface area contributed by atoms with Gasteiger partial charge in [0.25, 0.3) is 0 Å². The normalized spacial score (nSPS) is 14.0. The Hall–Kier alpha value is -2.95. The van der Waals surface area contributed by atoms with Crippen LogP contribution in [-0.2, 0) is 6.54 Å². The fourth-order valence-electron chi connectivity index (χ4n) is 3.47. The maximum Gasteiger partial charge on any atom is 0.225 e. The lowest BCUT2D eigenvalue weighted by atomic mass is 10.2. The summed E-state index contributed by atoms with van der Waals surface area (Å²) in [6.45, 7) is 3.77. The number of hydrogen-bond acceptors (Lipinski definition) is 5. The van der Waals surface area contributed by atoms with Gasteiger partial charge in [-0.05, 0) is 24.3 Å². The molecule has 168 valence electrons. The van der Waals surface area contributed by atoms with Gasteiger partial charge in [0, 0.05) is 57.7 Å². The molecule has 1 aliphatic heterocycles. The van der Waals surface area contributed by atoms with E-state index in [0.717, 1.165) is 43.7 Å². The molecule has 1 saturated heterocycles. The summed E-state index contributed by atoms with van der Waals surface area (Å²) in [5.74, 6) is 2.00. The first-order valence-electron chi connectivity index (χ1n) is 10.2. The first-order valence-corrected chi connectivity index (χ1v) is 10.2. The molecule has 1 aliphatic rings. The number of anilines is 1. The molecule has 9 heteroatoms. The van der Waals surface area contributed by atoms with Crippen LogP contribution in [0.25, 0.3) is 0 Å². The van der Waals surface area contributed by atoms with Gasteiger partial charge in [-0.3, -0.25) is 4.99 Å². The number of halogens is 2. The summed E-state index contributed by atoms with van der Waals surface area (Å²) < 4.78 is 19.8. The van der Waals surface area contributed by atoms with Gasteiger partial charge in [-0.2, -0.15) is 0 Å². The standard InChI is InChI=1S/C23H25FN6O.HI/c1-25-22(29-13-15-30(16-14-29)23-26-11-6-12-27-23)28-17-18-7-2-4-9-20(18)31-21-10-5-3-8-19(21)24;/h2-12H,13-17H2,1H3,(H,25,28);1H. The highest BCUT2D eigenvalue weighted by molar-refractivity contribution is 14.0. The Morgan fingerprint density at radius 3 is 2.31 bits per heavy atom. The Morgan fingerprint density at radius 1 is 0.969 bits per heavy atom. The van der Waals surface area contributed by atoms with Gasteiger partial charge in [-0.1, -0.05) is 30.3 Å².